The fraction of sp³-hybridized carbons (Fsp3) is 1.00. The number of aliphatic hydroxyl groups is 1. The number of β-amino-alcohol motifs (C(OH)–C–C–N with tert-alkyl or cyclic N) is 1. The molecule has 1 rings (SSSR count). The second kappa shape index (κ2) is 2.41. The summed E-state index contributed by atoms with van der Waals surface area (Å²) in [7, 11) is 0. The lowest BCUT2D eigenvalue weighted by atomic mass is 10.2. The monoisotopic (exact) mass is 118 g/mol. The second-order valence-electron chi connectivity index (χ2n) is 2.01. The zero-order chi connectivity index (χ0) is 5.98. The van der Waals surface area contributed by atoms with E-state index in [4.69, 9.17) is 10.3 Å². The highest BCUT2D eigenvalue weighted by Gasteiger charge is 2.22. The van der Waals surface area contributed by atoms with Gasteiger partial charge in [-0.1, -0.05) is 0 Å². The van der Waals surface area contributed by atoms with E-state index in [0.29, 0.717) is 19.8 Å². The molecule has 0 bridgehead atoms. The topological polar surface area (TPSA) is 55.7 Å². The van der Waals surface area contributed by atoms with E-state index in [2.05, 4.69) is 0 Å². The second-order valence-corrected chi connectivity index (χ2v) is 2.01. The first kappa shape index (κ1) is 5.97. The lowest BCUT2D eigenvalue weighted by Crippen LogP contribution is -2.53. The third-order valence-electron chi connectivity index (χ3n) is 1.23. The zero-order valence-electron chi connectivity index (χ0n) is 4.54. The van der Waals surface area contributed by atoms with Crippen LogP contribution in [0.4, 0.5) is 0 Å². The quantitative estimate of drug-likeness (QED) is 0.390. The molecule has 48 valence electrons. The van der Waals surface area contributed by atoms with Gasteiger partial charge in [-0.3, -0.25) is 4.90 Å². The Morgan fingerprint density at radius 1 is 1.62 bits per heavy atom. The van der Waals surface area contributed by atoms with Gasteiger partial charge in [0.2, 0.25) is 0 Å². The number of nitrogens with one attached hydrogen (secondary N) is 1. The lowest BCUT2D eigenvalue weighted by Gasteiger charge is -2.34. The Balaban J connectivity index is 1.98. The molecule has 3 N–H and O–H groups in total. The van der Waals surface area contributed by atoms with Gasteiger partial charge in [-0.15, -0.1) is 0 Å². The maximum atomic E-state index is 8.69. The Kier molecular flexibility index (Phi) is 1.80. The highest BCUT2D eigenvalue weighted by atomic mass is 16.5. The van der Waals surface area contributed by atoms with E-state index in [-0.39, 0.29) is 6.10 Å². The van der Waals surface area contributed by atoms with Crippen LogP contribution < -0.4 is 5.48 Å². The molecule has 0 aliphatic carbocycles. The minimum absolute atomic E-state index is 0.177. The average molecular weight is 118 g/mol. The van der Waals surface area contributed by atoms with Crippen LogP contribution >= 0.6 is 0 Å². The number of hydrogen-bond donors (Lipinski definition) is 3. The molecule has 0 spiro atoms. The van der Waals surface area contributed by atoms with E-state index in [1.54, 1.807) is 0 Å². The molecule has 1 heterocycles. The number of likely N-dealkylation sites (tertiary alicyclic amines) is 1. The van der Waals surface area contributed by atoms with Crippen molar-refractivity contribution in [2.24, 2.45) is 0 Å². The van der Waals surface area contributed by atoms with Crippen molar-refractivity contribution in [2.75, 3.05) is 19.8 Å². The SMILES string of the molecule is ONCN1CC(O)C1. The summed E-state index contributed by atoms with van der Waals surface area (Å²) in [5, 5.41) is 16.8. The van der Waals surface area contributed by atoms with Gasteiger partial charge in [-0.25, -0.2) is 0 Å². The number of nitrogens with zero attached hydrogens (tertiary/aromatic N) is 1. The van der Waals surface area contributed by atoms with Crippen molar-refractivity contribution >= 4 is 0 Å². The standard InChI is InChI=1S/C4H10N2O2/c7-4-1-6(2-4)3-5-8/h4-5,7-8H,1-3H2. The Bertz CT molecular complexity index is 69.7. The molecule has 0 saturated carbocycles. The van der Waals surface area contributed by atoms with Gasteiger partial charge in [0.25, 0.3) is 0 Å². The molecule has 0 unspecified atom stereocenters. The molecular weight excluding hydrogens is 108 g/mol. The zero-order valence-corrected chi connectivity index (χ0v) is 4.54. The van der Waals surface area contributed by atoms with Gasteiger partial charge in [-0.2, -0.15) is 5.48 Å². The summed E-state index contributed by atoms with van der Waals surface area (Å²) < 4.78 is 0. The minimum Gasteiger partial charge on any atom is -0.390 e. The van der Waals surface area contributed by atoms with Crippen LogP contribution in [0.25, 0.3) is 0 Å². The summed E-state index contributed by atoms with van der Waals surface area (Å²) in [6, 6.07) is 0. The van der Waals surface area contributed by atoms with Crippen molar-refractivity contribution in [3.05, 3.63) is 0 Å². The van der Waals surface area contributed by atoms with Crippen molar-refractivity contribution in [1.82, 2.24) is 10.4 Å². The summed E-state index contributed by atoms with van der Waals surface area (Å²) in [4.78, 5) is 1.89. The van der Waals surface area contributed by atoms with Crippen LogP contribution in [0.2, 0.25) is 0 Å². The van der Waals surface area contributed by atoms with Crippen molar-refractivity contribution in [3.8, 4) is 0 Å². The molecule has 1 aliphatic heterocycles. The van der Waals surface area contributed by atoms with Crippen LogP contribution in [0, 0.1) is 0 Å². The Labute approximate surface area is 47.7 Å². The van der Waals surface area contributed by atoms with Crippen LogP contribution in [0.15, 0.2) is 0 Å². The number of aliphatic hydroxyl groups excluding tert-OH is 1. The van der Waals surface area contributed by atoms with E-state index in [0.717, 1.165) is 0 Å². The molecule has 1 aliphatic rings. The molecule has 0 aromatic heterocycles. The normalized spacial score (nSPS) is 23.2. The molecule has 1 saturated heterocycles. The van der Waals surface area contributed by atoms with Gasteiger partial charge >= 0.3 is 0 Å². The summed E-state index contributed by atoms with van der Waals surface area (Å²) in [5.74, 6) is 0. The van der Waals surface area contributed by atoms with Gasteiger partial charge < -0.3 is 10.3 Å². The molecule has 0 atom stereocenters. The molecule has 0 radical (unpaired) electrons. The summed E-state index contributed by atoms with van der Waals surface area (Å²) in [5.41, 5.74) is 2.00. The Hall–Kier alpha value is -0.160. The third-order valence-corrected chi connectivity index (χ3v) is 1.23. The summed E-state index contributed by atoms with van der Waals surface area (Å²) in [6.45, 7) is 1.80. The van der Waals surface area contributed by atoms with Crippen molar-refractivity contribution in [2.45, 2.75) is 6.10 Å². The molecular formula is C4H10N2O2. The lowest BCUT2D eigenvalue weighted by molar-refractivity contribution is -0.0274. The van der Waals surface area contributed by atoms with Crippen LogP contribution in [-0.4, -0.2) is 41.1 Å². The molecule has 0 aromatic carbocycles. The van der Waals surface area contributed by atoms with Gasteiger partial charge in [0.05, 0.1) is 12.8 Å². The molecule has 0 amide bonds. The predicted octanol–water partition coefficient (Wildman–Crippen LogP) is -1.40. The summed E-state index contributed by atoms with van der Waals surface area (Å²) >= 11 is 0. The molecule has 8 heavy (non-hydrogen) atoms. The molecule has 4 heteroatoms. The van der Waals surface area contributed by atoms with Crippen molar-refractivity contribution in [1.29, 1.82) is 0 Å². The van der Waals surface area contributed by atoms with E-state index in [1.165, 1.54) is 0 Å². The van der Waals surface area contributed by atoms with Crippen LogP contribution in [0.3, 0.4) is 0 Å². The Morgan fingerprint density at radius 3 is 2.62 bits per heavy atom. The first-order valence-corrected chi connectivity index (χ1v) is 2.60. The maximum absolute atomic E-state index is 8.69. The van der Waals surface area contributed by atoms with Gasteiger partial charge in [0.15, 0.2) is 0 Å². The van der Waals surface area contributed by atoms with E-state index < -0.39 is 0 Å². The largest absolute Gasteiger partial charge is 0.390 e. The van der Waals surface area contributed by atoms with E-state index in [1.807, 2.05) is 10.4 Å². The molecule has 4 nitrogen and oxygen atoms in total. The van der Waals surface area contributed by atoms with Gasteiger partial charge in [0.1, 0.15) is 0 Å². The van der Waals surface area contributed by atoms with Crippen molar-refractivity contribution in [3.63, 3.8) is 0 Å². The fourth-order valence-electron chi connectivity index (χ4n) is 0.772. The minimum atomic E-state index is -0.177. The fourth-order valence-corrected chi connectivity index (χ4v) is 0.772. The van der Waals surface area contributed by atoms with Crippen molar-refractivity contribution < 1.29 is 10.3 Å². The predicted molar refractivity (Wildman–Crippen MR) is 27.4 cm³/mol. The van der Waals surface area contributed by atoms with Gasteiger partial charge in [0, 0.05) is 13.1 Å². The Morgan fingerprint density at radius 2 is 2.25 bits per heavy atom. The number of rotatable bonds is 2. The summed E-state index contributed by atoms with van der Waals surface area (Å²) in [6.07, 6.45) is -0.177. The number of hydroxylamine groups is 1. The average Bonchev–Trinajstić information content (AvgIpc) is 1.64. The third kappa shape index (κ3) is 1.16. The van der Waals surface area contributed by atoms with Crippen LogP contribution in [0.1, 0.15) is 0 Å². The molecule has 0 aromatic rings. The first-order valence-electron chi connectivity index (χ1n) is 2.60. The number of hydrogen-bond acceptors (Lipinski definition) is 4. The smallest absolute Gasteiger partial charge is 0.0794 e. The first-order chi connectivity index (χ1) is 3.83. The maximum Gasteiger partial charge on any atom is 0.0794 e. The molecule has 1 fully saturated rings. The highest BCUT2D eigenvalue weighted by Crippen LogP contribution is 2.03. The van der Waals surface area contributed by atoms with Gasteiger partial charge in [-0.05, 0) is 0 Å². The van der Waals surface area contributed by atoms with E-state index >= 15 is 0 Å². The van der Waals surface area contributed by atoms with Crippen LogP contribution in [-0.2, 0) is 0 Å². The van der Waals surface area contributed by atoms with Crippen LogP contribution in [0.5, 0.6) is 0 Å². The highest BCUT2D eigenvalue weighted by molar-refractivity contribution is 4.76. The van der Waals surface area contributed by atoms with E-state index in [9.17, 15) is 0 Å².